The van der Waals surface area contributed by atoms with Crippen LogP contribution >= 0.6 is 0 Å². The number of nitrogens with zero attached hydrogens (tertiary/aromatic N) is 2. The Bertz CT molecular complexity index is 341. The van der Waals surface area contributed by atoms with Crippen LogP contribution in [-0.2, 0) is 4.84 Å². The van der Waals surface area contributed by atoms with Gasteiger partial charge in [0.1, 0.15) is 6.26 Å². The molecule has 0 unspecified atom stereocenters. The van der Waals surface area contributed by atoms with Gasteiger partial charge in [0.25, 0.3) is 0 Å². The fourth-order valence-corrected chi connectivity index (χ4v) is 1.69. The van der Waals surface area contributed by atoms with Crippen LogP contribution in [0.15, 0.2) is 29.6 Å². The van der Waals surface area contributed by atoms with E-state index in [-0.39, 0.29) is 6.03 Å². The van der Waals surface area contributed by atoms with Gasteiger partial charge in [-0.2, -0.15) is 0 Å². The van der Waals surface area contributed by atoms with Crippen LogP contribution in [0.2, 0.25) is 0 Å². The van der Waals surface area contributed by atoms with E-state index in [0.717, 1.165) is 25.9 Å². The van der Waals surface area contributed by atoms with Gasteiger partial charge in [-0.15, -0.1) is 0 Å². The summed E-state index contributed by atoms with van der Waals surface area (Å²) in [6.45, 7) is 1.64. The number of amides is 2. The highest BCUT2D eigenvalue weighted by Gasteiger charge is 2.17. The standard InChI is InChI=1S/C11H15N3O2/c15-11(14-7-3-1-4-8-14)12-10-6-2-5-9-16-13-10/h2,5-6,9H,1,3-4,7-8H2,(H,12,13,15). The second-order valence-corrected chi connectivity index (χ2v) is 3.75. The van der Waals surface area contributed by atoms with Crippen molar-refractivity contribution in [2.24, 2.45) is 5.16 Å². The lowest BCUT2D eigenvalue weighted by Crippen LogP contribution is -2.44. The lowest BCUT2D eigenvalue weighted by molar-refractivity contribution is 0.191. The maximum atomic E-state index is 11.8. The van der Waals surface area contributed by atoms with E-state index in [9.17, 15) is 4.79 Å². The summed E-state index contributed by atoms with van der Waals surface area (Å²) in [6.07, 6.45) is 9.99. The molecule has 0 saturated carbocycles. The number of piperidine rings is 1. The first-order chi connectivity index (χ1) is 7.86. The maximum absolute atomic E-state index is 11.8. The van der Waals surface area contributed by atoms with Gasteiger partial charge >= 0.3 is 6.03 Å². The number of rotatable bonds is 0. The summed E-state index contributed by atoms with van der Waals surface area (Å²) in [6, 6.07) is -0.103. The molecular formula is C11H15N3O2. The molecule has 2 aliphatic heterocycles. The minimum atomic E-state index is -0.103. The van der Waals surface area contributed by atoms with Crippen LogP contribution in [0, 0.1) is 0 Å². The van der Waals surface area contributed by atoms with Crippen LogP contribution in [0.3, 0.4) is 0 Å². The van der Waals surface area contributed by atoms with Crippen molar-refractivity contribution >= 4 is 11.9 Å². The number of allylic oxidation sites excluding steroid dienone is 2. The monoisotopic (exact) mass is 221 g/mol. The molecule has 1 N–H and O–H groups in total. The number of nitrogens with one attached hydrogen (secondary N) is 1. The molecule has 0 atom stereocenters. The zero-order valence-electron chi connectivity index (χ0n) is 9.06. The lowest BCUT2D eigenvalue weighted by atomic mass is 10.1. The third-order valence-electron chi connectivity index (χ3n) is 2.53. The van der Waals surface area contributed by atoms with Gasteiger partial charge < -0.3 is 9.74 Å². The van der Waals surface area contributed by atoms with Crippen molar-refractivity contribution in [3.05, 3.63) is 24.5 Å². The summed E-state index contributed by atoms with van der Waals surface area (Å²) in [5, 5.41) is 6.46. The molecule has 5 heteroatoms. The highest BCUT2D eigenvalue weighted by molar-refractivity contribution is 6.03. The van der Waals surface area contributed by atoms with E-state index in [1.165, 1.54) is 12.7 Å². The molecule has 0 aromatic carbocycles. The van der Waals surface area contributed by atoms with Gasteiger partial charge in [0, 0.05) is 13.1 Å². The normalized spacial score (nSPS) is 19.8. The number of likely N-dealkylation sites (tertiary alicyclic amines) is 1. The Hall–Kier alpha value is -1.78. The molecule has 0 aromatic rings. The van der Waals surface area contributed by atoms with E-state index in [2.05, 4.69) is 10.5 Å². The zero-order valence-corrected chi connectivity index (χ0v) is 9.06. The first-order valence-electron chi connectivity index (χ1n) is 5.49. The maximum Gasteiger partial charge on any atom is 0.323 e. The molecule has 2 aliphatic rings. The van der Waals surface area contributed by atoms with Crippen molar-refractivity contribution in [2.45, 2.75) is 19.3 Å². The number of carbonyl (C=O) groups excluding carboxylic acids is 1. The Morgan fingerprint density at radius 2 is 2.12 bits per heavy atom. The van der Waals surface area contributed by atoms with Crippen LogP contribution in [-0.4, -0.2) is 29.9 Å². The second kappa shape index (κ2) is 5.34. The van der Waals surface area contributed by atoms with Crippen LogP contribution < -0.4 is 5.32 Å². The lowest BCUT2D eigenvalue weighted by Gasteiger charge is -2.26. The largest absolute Gasteiger partial charge is 0.363 e. The molecule has 0 bridgehead atoms. The molecule has 2 heterocycles. The van der Waals surface area contributed by atoms with E-state index in [1.807, 2.05) is 0 Å². The molecule has 16 heavy (non-hydrogen) atoms. The predicted molar refractivity (Wildman–Crippen MR) is 60.8 cm³/mol. The van der Waals surface area contributed by atoms with Gasteiger partial charge in [-0.3, -0.25) is 5.32 Å². The number of hydrogen-bond donors (Lipinski definition) is 1. The number of carbonyl (C=O) groups is 1. The molecule has 0 aliphatic carbocycles. The summed E-state index contributed by atoms with van der Waals surface area (Å²) in [7, 11) is 0. The summed E-state index contributed by atoms with van der Waals surface area (Å²) < 4.78 is 0. The summed E-state index contributed by atoms with van der Waals surface area (Å²) in [5.41, 5.74) is 0. The Kier molecular flexibility index (Phi) is 3.58. The van der Waals surface area contributed by atoms with Crippen molar-refractivity contribution in [1.82, 2.24) is 10.2 Å². The molecule has 2 amide bonds. The zero-order chi connectivity index (χ0) is 11.2. The smallest absolute Gasteiger partial charge is 0.323 e. The molecular weight excluding hydrogens is 206 g/mol. The van der Waals surface area contributed by atoms with E-state index in [0.29, 0.717) is 5.84 Å². The third-order valence-corrected chi connectivity index (χ3v) is 2.53. The van der Waals surface area contributed by atoms with Crippen molar-refractivity contribution < 1.29 is 9.63 Å². The van der Waals surface area contributed by atoms with Crippen LogP contribution in [0.4, 0.5) is 4.79 Å². The molecule has 5 nitrogen and oxygen atoms in total. The molecule has 2 rings (SSSR count). The fraction of sp³-hybridized carbons (Fsp3) is 0.455. The van der Waals surface area contributed by atoms with Crippen LogP contribution in [0.5, 0.6) is 0 Å². The summed E-state index contributed by atoms with van der Waals surface area (Å²) in [5.74, 6) is 0.431. The quantitative estimate of drug-likeness (QED) is 0.675. The van der Waals surface area contributed by atoms with Crippen molar-refractivity contribution in [3.63, 3.8) is 0 Å². The average molecular weight is 221 g/mol. The topological polar surface area (TPSA) is 53.9 Å². The Morgan fingerprint density at radius 3 is 2.94 bits per heavy atom. The van der Waals surface area contributed by atoms with Gasteiger partial charge in [-0.1, -0.05) is 11.2 Å². The molecule has 1 fully saturated rings. The first-order valence-corrected chi connectivity index (χ1v) is 5.49. The van der Waals surface area contributed by atoms with Gasteiger partial charge in [0.15, 0.2) is 5.84 Å². The van der Waals surface area contributed by atoms with Crippen LogP contribution in [0.25, 0.3) is 0 Å². The van der Waals surface area contributed by atoms with Crippen LogP contribution in [0.1, 0.15) is 19.3 Å². The minimum absolute atomic E-state index is 0.103. The molecule has 0 spiro atoms. The third kappa shape index (κ3) is 2.85. The van der Waals surface area contributed by atoms with Gasteiger partial charge in [-0.25, -0.2) is 4.79 Å². The van der Waals surface area contributed by atoms with Gasteiger partial charge in [0.2, 0.25) is 0 Å². The Morgan fingerprint density at radius 1 is 1.31 bits per heavy atom. The Balaban J connectivity index is 1.88. The summed E-state index contributed by atoms with van der Waals surface area (Å²) in [4.78, 5) is 18.4. The first kappa shape index (κ1) is 10.7. The molecule has 0 radical (unpaired) electrons. The SMILES string of the molecule is O=C(NC1=NOC=CC=C1)N1CCCCC1. The summed E-state index contributed by atoms with van der Waals surface area (Å²) >= 11 is 0. The highest BCUT2D eigenvalue weighted by atomic mass is 16.6. The van der Waals surface area contributed by atoms with Crippen molar-refractivity contribution in [1.29, 1.82) is 0 Å². The molecule has 1 saturated heterocycles. The van der Waals surface area contributed by atoms with Crippen molar-refractivity contribution in [3.8, 4) is 0 Å². The average Bonchev–Trinajstić information content (AvgIpc) is 2.59. The number of hydrogen-bond acceptors (Lipinski definition) is 3. The highest BCUT2D eigenvalue weighted by Crippen LogP contribution is 2.08. The predicted octanol–water partition coefficient (Wildman–Crippen LogP) is 1.60. The molecule has 86 valence electrons. The van der Waals surface area contributed by atoms with E-state index < -0.39 is 0 Å². The number of oxime groups is 1. The number of amidine groups is 1. The van der Waals surface area contributed by atoms with E-state index in [1.54, 1.807) is 23.1 Å². The Labute approximate surface area is 94.4 Å². The van der Waals surface area contributed by atoms with Gasteiger partial charge in [0.05, 0.1) is 0 Å². The molecule has 0 aromatic heterocycles. The second-order valence-electron chi connectivity index (χ2n) is 3.75. The van der Waals surface area contributed by atoms with E-state index in [4.69, 9.17) is 4.84 Å². The van der Waals surface area contributed by atoms with Gasteiger partial charge in [-0.05, 0) is 31.4 Å². The fourth-order valence-electron chi connectivity index (χ4n) is 1.69. The number of urea groups is 1. The van der Waals surface area contributed by atoms with Crippen molar-refractivity contribution in [2.75, 3.05) is 13.1 Å². The van der Waals surface area contributed by atoms with E-state index >= 15 is 0 Å². The minimum Gasteiger partial charge on any atom is -0.363 e.